The van der Waals surface area contributed by atoms with Crippen LogP contribution in [-0.2, 0) is 4.79 Å². The lowest BCUT2D eigenvalue weighted by Crippen LogP contribution is -2.23. The van der Waals surface area contributed by atoms with Crippen LogP contribution in [0, 0.1) is 6.92 Å². The fraction of sp³-hybridized carbons (Fsp3) is 0.176. The number of amides is 1. The van der Waals surface area contributed by atoms with Crippen LogP contribution in [0.3, 0.4) is 0 Å². The van der Waals surface area contributed by atoms with E-state index in [-0.39, 0.29) is 5.91 Å². The highest BCUT2D eigenvalue weighted by atomic mass is 35.5. The Morgan fingerprint density at radius 3 is 2.78 bits per heavy atom. The number of halogens is 1. The molecule has 1 aliphatic heterocycles. The van der Waals surface area contributed by atoms with Gasteiger partial charge in [-0.3, -0.25) is 14.7 Å². The number of thioether (sulfide) groups is 1. The van der Waals surface area contributed by atoms with Gasteiger partial charge in [-0.25, -0.2) is 0 Å². The van der Waals surface area contributed by atoms with Gasteiger partial charge >= 0.3 is 0 Å². The Kier molecular flexibility index (Phi) is 4.33. The zero-order valence-corrected chi connectivity index (χ0v) is 14.5. The second-order valence-electron chi connectivity index (χ2n) is 5.10. The molecule has 118 valence electrons. The summed E-state index contributed by atoms with van der Waals surface area (Å²) in [5.74, 6) is 1.28. The minimum Gasteiger partial charge on any atom is -0.457 e. The van der Waals surface area contributed by atoms with Gasteiger partial charge in [-0.1, -0.05) is 23.7 Å². The van der Waals surface area contributed by atoms with E-state index in [0.717, 1.165) is 16.9 Å². The highest BCUT2D eigenvalue weighted by Gasteiger charge is 2.30. The third kappa shape index (κ3) is 2.94. The lowest BCUT2D eigenvalue weighted by molar-refractivity contribution is -0.121. The molecule has 0 unspecified atom stereocenters. The second kappa shape index (κ2) is 6.26. The van der Waals surface area contributed by atoms with Crippen LogP contribution in [0.25, 0.3) is 17.4 Å². The van der Waals surface area contributed by atoms with Crippen molar-refractivity contribution in [2.24, 2.45) is 4.99 Å². The Labute approximate surface area is 143 Å². The van der Waals surface area contributed by atoms with E-state index in [1.807, 2.05) is 37.3 Å². The standard InChI is InChI=1S/C17H15ClN2O2S/c1-10-12(5-4-6-13(10)18)14-8-7-11(22-14)9-15-16(21)20(3)17(19-2)23-15/h4-9H,1-3H3/b15-9-,19-17?. The first-order chi connectivity index (χ1) is 11.0. The molecule has 6 heteroatoms. The molecule has 1 fully saturated rings. The molecule has 1 saturated heterocycles. The number of amidine groups is 1. The van der Waals surface area contributed by atoms with Crippen molar-refractivity contribution in [1.82, 2.24) is 4.90 Å². The largest absolute Gasteiger partial charge is 0.457 e. The maximum absolute atomic E-state index is 12.2. The van der Waals surface area contributed by atoms with E-state index in [4.69, 9.17) is 16.0 Å². The molecule has 2 aromatic rings. The number of hydrogen-bond donors (Lipinski definition) is 0. The Balaban J connectivity index is 1.93. The Morgan fingerprint density at radius 1 is 1.30 bits per heavy atom. The molecule has 0 saturated carbocycles. The van der Waals surface area contributed by atoms with E-state index < -0.39 is 0 Å². The van der Waals surface area contributed by atoms with Crippen molar-refractivity contribution in [3.8, 4) is 11.3 Å². The number of aliphatic imine (C=N–C) groups is 1. The van der Waals surface area contributed by atoms with Gasteiger partial charge in [-0.2, -0.15) is 0 Å². The minimum absolute atomic E-state index is 0.0764. The summed E-state index contributed by atoms with van der Waals surface area (Å²) >= 11 is 7.49. The van der Waals surface area contributed by atoms with Gasteiger partial charge in [0.25, 0.3) is 5.91 Å². The van der Waals surface area contributed by atoms with Gasteiger partial charge in [0.05, 0.1) is 4.91 Å². The number of carbonyl (C=O) groups excluding carboxylic acids is 1. The normalized spacial score (nSPS) is 18.4. The van der Waals surface area contributed by atoms with Crippen LogP contribution >= 0.6 is 23.4 Å². The molecular formula is C17H15ClN2O2S. The molecule has 23 heavy (non-hydrogen) atoms. The number of likely N-dealkylation sites (N-methyl/N-ethyl adjacent to an activating group) is 1. The molecule has 4 nitrogen and oxygen atoms in total. The molecule has 3 rings (SSSR count). The molecule has 0 spiro atoms. The monoisotopic (exact) mass is 346 g/mol. The zero-order chi connectivity index (χ0) is 16.6. The van der Waals surface area contributed by atoms with Crippen molar-refractivity contribution in [2.45, 2.75) is 6.92 Å². The van der Waals surface area contributed by atoms with Crippen molar-refractivity contribution >= 4 is 40.5 Å². The van der Waals surface area contributed by atoms with Gasteiger partial charge in [0.15, 0.2) is 5.17 Å². The summed E-state index contributed by atoms with van der Waals surface area (Å²) in [4.78, 5) is 18.4. The van der Waals surface area contributed by atoms with Gasteiger partial charge in [0.1, 0.15) is 11.5 Å². The second-order valence-corrected chi connectivity index (χ2v) is 6.51. The van der Waals surface area contributed by atoms with Crippen LogP contribution in [0.2, 0.25) is 5.02 Å². The van der Waals surface area contributed by atoms with Crippen LogP contribution in [0.5, 0.6) is 0 Å². The molecule has 2 heterocycles. The van der Waals surface area contributed by atoms with Crippen molar-refractivity contribution < 1.29 is 9.21 Å². The Bertz CT molecular complexity index is 839. The first-order valence-corrected chi connectivity index (χ1v) is 8.20. The molecule has 0 atom stereocenters. The van der Waals surface area contributed by atoms with Crippen molar-refractivity contribution in [1.29, 1.82) is 0 Å². The molecule has 1 aromatic heterocycles. The highest BCUT2D eigenvalue weighted by Crippen LogP contribution is 2.34. The minimum atomic E-state index is -0.0764. The highest BCUT2D eigenvalue weighted by molar-refractivity contribution is 8.18. The average molecular weight is 347 g/mol. The number of furan rings is 1. The number of hydrogen-bond acceptors (Lipinski definition) is 4. The summed E-state index contributed by atoms with van der Waals surface area (Å²) < 4.78 is 5.86. The predicted molar refractivity (Wildman–Crippen MR) is 95.6 cm³/mol. The van der Waals surface area contributed by atoms with Gasteiger partial charge in [0.2, 0.25) is 0 Å². The number of benzene rings is 1. The maximum atomic E-state index is 12.2. The zero-order valence-electron chi connectivity index (χ0n) is 13.0. The molecule has 1 aliphatic rings. The summed E-state index contributed by atoms with van der Waals surface area (Å²) in [5, 5.41) is 1.38. The molecular weight excluding hydrogens is 332 g/mol. The van der Waals surface area contributed by atoms with E-state index in [0.29, 0.717) is 20.9 Å². The molecule has 0 aliphatic carbocycles. The van der Waals surface area contributed by atoms with Crippen LogP contribution in [-0.4, -0.2) is 30.1 Å². The van der Waals surface area contributed by atoms with Gasteiger partial charge in [0, 0.05) is 30.8 Å². The Hall–Kier alpha value is -1.98. The fourth-order valence-electron chi connectivity index (χ4n) is 2.33. The Morgan fingerprint density at radius 2 is 2.09 bits per heavy atom. The van der Waals surface area contributed by atoms with E-state index >= 15 is 0 Å². The third-order valence-corrected chi connectivity index (χ3v) is 5.19. The maximum Gasteiger partial charge on any atom is 0.266 e. The lowest BCUT2D eigenvalue weighted by atomic mass is 10.1. The molecule has 0 radical (unpaired) electrons. The molecule has 0 bridgehead atoms. The number of rotatable bonds is 2. The van der Waals surface area contributed by atoms with Crippen molar-refractivity contribution in [3.63, 3.8) is 0 Å². The first-order valence-electron chi connectivity index (χ1n) is 7.01. The third-order valence-electron chi connectivity index (χ3n) is 3.63. The van der Waals surface area contributed by atoms with E-state index in [1.54, 1.807) is 20.2 Å². The summed E-state index contributed by atoms with van der Waals surface area (Å²) in [5.41, 5.74) is 1.91. The summed E-state index contributed by atoms with van der Waals surface area (Å²) in [6, 6.07) is 9.43. The first kappa shape index (κ1) is 15.9. The smallest absolute Gasteiger partial charge is 0.266 e. The molecule has 0 N–H and O–H groups in total. The van der Waals surface area contributed by atoms with Gasteiger partial charge < -0.3 is 4.42 Å². The predicted octanol–water partition coefficient (Wildman–Crippen LogP) is 4.44. The van der Waals surface area contributed by atoms with Gasteiger partial charge in [-0.15, -0.1) is 0 Å². The van der Waals surface area contributed by atoms with Crippen molar-refractivity contribution in [2.75, 3.05) is 14.1 Å². The lowest BCUT2D eigenvalue weighted by Gasteiger charge is -2.05. The summed E-state index contributed by atoms with van der Waals surface area (Å²) in [6.07, 6.45) is 1.74. The van der Waals surface area contributed by atoms with Crippen molar-refractivity contribution in [3.05, 3.63) is 51.6 Å². The average Bonchev–Trinajstić information content (AvgIpc) is 3.10. The summed E-state index contributed by atoms with van der Waals surface area (Å²) in [7, 11) is 3.38. The number of carbonyl (C=O) groups is 1. The molecule has 1 aromatic carbocycles. The number of nitrogens with zero attached hydrogens (tertiary/aromatic N) is 2. The fourth-order valence-corrected chi connectivity index (χ4v) is 3.41. The van der Waals surface area contributed by atoms with Crippen LogP contribution in [0.4, 0.5) is 0 Å². The van der Waals surface area contributed by atoms with Crippen LogP contribution in [0.15, 0.2) is 44.6 Å². The van der Waals surface area contributed by atoms with E-state index in [9.17, 15) is 4.79 Å². The topological polar surface area (TPSA) is 45.8 Å². The molecule has 1 amide bonds. The quantitative estimate of drug-likeness (QED) is 0.755. The van der Waals surface area contributed by atoms with Crippen LogP contribution in [0.1, 0.15) is 11.3 Å². The van der Waals surface area contributed by atoms with E-state index in [1.165, 1.54) is 16.7 Å². The van der Waals surface area contributed by atoms with Gasteiger partial charge in [-0.05, 0) is 42.4 Å². The van der Waals surface area contributed by atoms with Crippen LogP contribution < -0.4 is 0 Å². The SMILES string of the molecule is CN=C1S/C(=C\c2ccc(-c3cccc(Cl)c3C)o2)C(=O)N1C. The van der Waals surface area contributed by atoms with E-state index in [2.05, 4.69) is 4.99 Å². The summed E-state index contributed by atoms with van der Waals surface area (Å²) in [6.45, 7) is 1.95.